The average molecular weight is 235 g/mol. The zero-order chi connectivity index (χ0) is 12.3. The topological polar surface area (TPSA) is 46.9 Å². The minimum Gasteiger partial charge on any atom is -0.317 e. The lowest BCUT2D eigenvalue weighted by Crippen LogP contribution is -2.31. The highest BCUT2D eigenvalue weighted by Crippen LogP contribution is 2.28. The molecule has 1 saturated carbocycles. The molecule has 1 aromatic heterocycles. The number of nitrogens with zero attached hydrogens (tertiary/aromatic N) is 2. The summed E-state index contributed by atoms with van der Waals surface area (Å²) in [5.41, 5.74) is 0.948. The number of rotatable bonds is 4. The minimum atomic E-state index is 0.0176. The van der Waals surface area contributed by atoms with Gasteiger partial charge in [-0.15, -0.1) is 0 Å². The fraction of sp³-hybridized carbons (Fsp3) is 0.692. The molecule has 1 N–H and O–H groups in total. The molecule has 1 fully saturated rings. The van der Waals surface area contributed by atoms with Gasteiger partial charge in [0.25, 0.3) is 5.56 Å². The molecule has 0 amide bonds. The molecule has 2 unspecified atom stereocenters. The van der Waals surface area contributed by atoms with Crippen molar-refractivity contribution >= 4 is 0 Å². The second-order valence-corrected chi connectivity index (χ2v) is 4.97. The Kier molecular flexibility index (Phi) is 3.94. The van der Waals surface area contributed by atoms with Crippen molar-refractivity contribution in [1.29, 1.82) is 0 Å². The fourth-order valence-corrected chi connectivity index (χ4v) is 2.74. The van der Waals surface area contributed by atoms with E-state index in [1.807, 2.05) is 14.0 Å². The molecular formula is C13H21N3O. The van der Waals surface area contributed by atoms with Gasteiger partial charge in [0.1, 0.15) is 0 Å². The lowest BCUT2D eigenvalue weighted by molar-refractivity contribution is 0.365. The summed E-state index contributed by atoms with van der Waals surface area (Å²) in [6, 6.07) is 2.27. The quantitative estimate of drug-likeness (QED) is 0.856. The van der Waals surface area contributed by atoms with E-state index in [2.05, 4.69) is 10.4 Å². The van der Waals surface area contributed by atoms with Crippen molar-refractivity contribution in [3.63, 3.8) is 0 Å². The van der Waals surface area contributed by atoms with Crippen molar-refractivity contribution in [2.24, 2.45) is 5.92 Å². The third-order valence-electron chi connectivity index (χ3n) is 3.75. The van der Waals surface area contributed by atoms with Crippen molar-refractivity contribution in [3.8, 4) is 0 Å². The summed E-state index contributed by atoms with van der Waals surface area (Å²) in [7, 11) is 2.03. The minimum absolute atomic E-state index is 0.0176. The van der Waals surface area contributed by atoms with Gasteiger partial charge in [-0.05, 0) is 44.7 Å². The smallest absolute Gasteiger partial charge is 0.266 e. The summed E-state index contributed by atoms with van der Waals surface area (Å²) >= 11 is 0. The molecule has 4 heteroatoms. The van der Waals surface area contributed by atoms with Crippen LogP contribution in [0.25, 0.3) is 0 Å². The van der Waals surface area contributed by atoms with Crippen LogP contribution in [-0.4, -0.2) is 22.9 Å². The van der Waals surface area contributed by atoms with Crippen LogP contribution < -0.4 is 10.9 Å². The predicted octanol–water partition coefficient (Wildman–Crippen LogP) is 1.33. The Morgan fingerprint density at radius 1 is 1.53 bits per heavy atom. The van der Waals surface area contributed by atoms with Crippen molar-refractivity contribution in [2.45, 2.75) is 45.2 Å². The van der Waals surface area contributed by atoms with Gasteiger partial charge < -0.3 is 5.32 Å². The van der Waals surface area contributed by atoms with Crippen molar-refractivity contribution < 1.29 is 0 Å². The van der Waals surface area contributed by atoms with Crippen molar-refractivity contribution in [1.82, 2.24) is 15.1 Å². The molecular weight excluding hydrogens is 214 g/mol. The second-order valence-electron chi connectivity index (χ2n) is 4.97. The van der Waals surface area contributed by atoms with Crippen LogP contribution >= 0.6 is 0 Å². The maximum atomic E-state index is 11.7. The summed E-state index contributed by atoms with van der Waals surface area (Å²) in [4.78, 5) is 11.7. The van der Waals surface area contributed by atoms with Gasteiger partial charge >= 0.3 is 0 Å². The van der Waals surface area contributed by atoms with Crippen LogP contribution in [0.1, 0.15) is 31.2 Å². The number of hydrogen-bond donors (Lipinski definition) is 1. The van der Waals surface area contributed by atoms with E-state index in [-0.39, 0.29) is 5.56 Å². The monoisotopic (exact) mass is 235 g/mol. The first-order chi connectivity index (χ1) is 8.20. The maximum Gasteiger partial charge on any atom is 0.266 e. The summed E-state index contributed by atoms with van der Waals surface area (Å²) in [5.74, 6) is 0.690. The van der Waals surface area contributed by atoms with Crippen LogP contribution in [0.5, 0.6) is 0 Å². The summed E-state index contributed by atoms with van der Waals surface area (Å²) in [5, 5.41) is 7.54. The van der Waals surface area contributed by atoms with Gasteiger partial charge in [0.05, 0.1) is 6.20 Å². The van der Waals surface area contributed by atoms with Gasteiger partial charge in [0.2, 0.25) is 0 Å². The predicted molar refractivity (Wildman–Crippen MR) is 68.0 cm³/mol. The standard InChI is InChI=1S/C13H21N3O/c1-10-8-13(17)16(15-9-10)7-6-11-4-3-5-12(11)14-2/h8-9,11-12,14H,3-7H2,1-2H3. The van der Waals surface area contributed by atoms with Crippen LogP contribution in [0, 0.1) is 12.8 Å². The van der Waals surface area contributed by atoms with Gasteiger partial charge in [-0.25, -0.2) is 4.68 Å². The van der Waals surface area contributed by atoms with Crippen LogP contribution in [0.15, 0.2) is 17.1 Å². The highest BCUT2D eigenvalue weighted by Gasteiger charge is 2.25. The van der Waals surface area contributed by atoms with E-state index >= 15 is 0 Å². The molecule has 1 aliphatic rings. The normalized spacial score (nSPS) is 24.1. The van der Waals surface area contributed by atoms with E-state index in [0.717, 1.165) is 18.5 Å². The Hall–Kier alpha value is -1.16. The molecule has 94 valence electrons. The first kappa shape index (κ1) is 12.3. The molecule has 0 aromatic carbocycles. The largest absolute Gasteiger partial charge is 0.317 e. The SMILES string of the molecule is CNC1CCCC1CCn1ncc(C)cc1=O. The van der Waals surface area contributed by atoms with E-state index in [9.17, 15) is 4.79 Å². The molecule has 4 nitrogen and oxygen atoms in total. The molecule has 0 bridgehead atoms. The van der Waals surface area contributed by atoms with E-state index in [1.54, 1.807) is 16.9 Å². The Morgan fingerprint density at radius 3 is 3.06 bits per heavy atom. The highest BCUT2D eigenvalue weighted by atomic mass is 16.1. The fourth-order valence-electron chi connectivity index (χ4n) is 2.74. The van der Waals surface area contributed by atoms with E-state index in [0.29, 0.717) is 12.0 Å². The number of aromatic nitrogens is 2. The van der Waals surface area contributed by atoms with Gasteiger partial charge in [-0.2, -0.15) is 5.10 Å². The number of nitrogens with one attached hydrogen (secondary N) is 1. The van der Waals surface area contributed by atoms with Gasteiger partial charge in [-0.1, -0.05) is 6.42 Å². The zero-order valence-corrected chi connectivity index (χ0v) is 10.6. The van der Waals surface area contributed by atoms with E-state index < -0.39 is 0 Å². The maximum absolute atomic E-state index is 11.7. The third kappa shape index (κ3) is 2.94. The molecule has 2 atom stereocenters. The van der Waals surface area contributed by atoms with Gasteiger partial charge in [0.15, 0.2) is 0 Å². The molecule has 0 aliphatic heterocycles. The van der Waals surface area contributed by atoms with E-state index in [1.165, 1.54) is 19.3 Å². The first-order valence-electron chi connectivity index (χ1n) is 6.41. The molecule has 0 radical (unpaired) electrons. The lowest BCUT2D eigenvalue weighted by atomic mass is 10.00. The van der Waals surface area contributed by atoms with Crippen molar-refractivity contribution in [2.75, 3.05) is 7.05 Å². The lowest BCUT2D eigenvalue weighted by Gasteiger charge is -2.18. The molecule has 1 heterocycles. The molecule has 2 rings (SSSR count). The third-order valence-corrected chi connectivity index (χ3v) is 3.75. The summed E-state index contributed by atoms with van der Waals surface area (Å²) in [6.07, 6.45) is 6.63. The Bertz CT molecular complexity index is 427. The van der Waals surface area contributed by atoms with Crippen LogP contribution in [0.3, 0.4) is 0 Å². The molecule has 1 aliphatic carbocycles. The van der Waals surface area contributed by atoms with Gasteiger partial charge in [0, 0.05) is 18.7 Å². The summed E-state index contributed by atoms with van der Waals surface area (Å²) < 4.78 is 1.58. The second kappa shape index (κ2) is 5.45. The van der Waals surface area contributed by atoms with Crippen LogP contribution in [0.2, 0.25) is 0 Å². The first-order valence-corrected chi connectivity index (χ1v) is 6.41. The Labute approximate surface area is 102 Å². The van der Waals surface area contributed by atoms with Crippen LogP contribution in [-0.2, 0) is 6.54 Å². The van der Waals surface area contributed by atoms with Crippen LogP contribution in [0.4, 0.5) is 0 Å². The molecule has 0 saturated heterocycles. The average Bonchev–Trinajstić information content (AvgIpc) is 2.75. The number of hydrogen-bond acceptors (Lipinski definition) is 3. The Morgan fingerprint density at radius 2 is 2.35 bits per heavy atom. The molecule has 1 aromatic rings. The van der Waals surface area contributed by atoms with E-state index in [4.69, 9.17) is 0 Å². The summed E-state index contributed by atoms with van der Waals surface area (Å²) in [6.45, 7) is 2.63. The Balaban J connectivity index is 1.95. The highest BCUT2D eigenvalue weighted by molar-refractivity contribution is 5.02. The molecule has 17 heavy (non-hydrogen) atoms. The zero-order valence-electron chi connectivity index (χ0n) is 10.6. The molecule has 0 spiro atoms. The number of aryl methyl sites for hydroxylation is 2. The van der Waals surface area contributed by atoms with Crippen molar-refractivity contribution in [3.05, 3.63) is 28.2 Å². The van der Waals surface area contributed by atoms with Gasteiger partial charge in [-0.3, -0.25) is 4.79 Å².